The Hall–Kier alpha value is -1.76. The van der Waals surface area contributed by atoms with E-state index < -0.39 is 18.6 Å². The second kappa shape index (κ2) is 7.87. The third-order valence-corrected chi connectivity index (χ3v) is 2.96. The summed E-state index contributed by atoms with van der Waals surface area (Å²) in [6.07, 6.45) is -4.42. The van der Waals surface area contributed by atoms with Crippen LogP contribution in [0.25, 0.3) is 0 Å². The van der Waals surface area contributed by atoms with Crippen LogP contribution in [-0.4, -0.2) is 30.0 Å². The van der Waals surface area contributed by atoms with Crippen molar-refractivity contribution in [2.24, 2.45) is 0 Å². The Morgan fingerprint density at radius 3 is 2.57 bits per heavy atom. The maximum absolute atomic E-state index is 12.5. The fraction of sp³-hybridized carbons (Fsp3) is 0.500. The highest BCUT2D eigenvalue weighted by Gasteiger charge is 2.29. The Bertz CT molecular complexity index is 464. The first-order chi connectivity index (χ1) is 9.85. The van der Waals surface area contributed by atoms with Crippen LogP contribution in [0.15, 0.2) is 24.3 Å². The van der Waals surface area contributed by atoms with Crippen molar-refractivity contribution in [3.05, 3.63) is 29.8 Å². The van der Waals surface area contributed by atoms with E-state index in [2.05, 4.69) is 10.6 Å². The highest BCUT2D eigenvalue weighted by Crippen LogP contribution is 2.25. The van der Waals surface area contributed by atoms with Crippen molar-refractivity contribution in [1.82, 2.24) is 5.32 Å². The topological polar surface area (TPSA) is 61.4 Å². The molecule has 0 spiro atoms. The van der Waals surface area contributed by atoms with Crippen LogP contribution >= 0.6 is 0 Å². The number of anilines is 1. The van der Waals surface area contributed by atoms with Crippen LogP contribution in [0.4, 0.5) is 23.7 Å². The van der Waals surface area contributed by atoms with Crippen molar-refractivity contribution in [2.45, 2.75) is 38.4 Å². The lowest BCUT2D eigenvalue weighted by molar-refractivity contribution is -0.127. The lowest BCUT2D eigenvalue weighted by Gasteiger charge is -2.18. The Kier molecular flexibility index (Phi) is 6.48. The molecule has 0 saturated carbocycles. The van der Waals surface area contributed by atoms with Gasteiger partial charge < -0.3 is 15.7 Å². The average Bonchev–Trinajstić information content (AvgIpc) is 2.39. The van der Waals surface area contributed by atoms with Gasteiger partial charge in [0.1, 0.15) is 0 Å². The molecule has 2 amide bonds. The molecule has 1 aromatic rings. The van der Waals surface area contributed by atoms with Crippen LogP contribution in [0, 0.1) is 0 Å². The summed E-state index contributed by atoms with van der Waals surface area (Å²) in [5.41, 5.74) is 0.140. The van der Waals surface area contributed by atoms with E-state index in [4.69, 9.17) is 5.11 Å². The van der Waals surface area contributed by atoms with Gasteiger partial charge in [0, 0.05) is 18.3 Å². The molecule has 0 bridgehead atoms. The van der Waals surface area contributed by atoms with Crippen molar-refractivity contribution < 1.29 is 23.1 Å². The third-order valence-electron chi connectivity index (χ3n) is 2.96. The maximum atomic E-state index is 12.5. The zero-order chi connectivity index (χ0) is 15.9. The number of benzene rings is 1. The van der Waals surface area contributed by atoms with Gasteiger partial charge in [-0.25, -0.2) is 4.79 Å². The van der Waals surface area contributed by atoms with Gasteiger partial charge in [-0.2, -0.15) is 13.2 Å². The minimum atomic E-state index is -4.34. The molecule has 0 aliphatic rings. The average molecular weight is 304 g/mol. The molecule has 1 aromatic carbocycles. The number of alkyl halides is 3. The number of amides is 2. The van der Waals surface area contributed by atoms with E-state index in [9.17, 15) is 18.0 Å². The quantitative estimate of drug-likeness (QED) is 0.756. The maximum Gasteiger partial charge on any atom is 0.393 e. The number of aliphatic hydroxyl groups is 1. The van der Waals surface area contributed by atoms with Gasteiger partial charge in [-0.3, -0.25) is 0 Å². The summed E-state index contributed by atoms with van der Waals surface area (Å²) in [6.45, 7) is 1.78. The fourth-order valence-corrected chi connectivity index (χ4v) is 1.89. The SMILES string of the molecule is CCC(CCO)NC(=O)Nc1ccccc1CC(F)(F)F. The molecule has 0 saturated heterocycles. The second-order valence-electron chi connectivity index (χ2n) is 4.67. The van der Waals surface area contributed by atoms with Crippen LogP contribution < -0.4 is 10.6 Å². The van der Waals surface area contributed by atoms with E-state index in [0.717, 1.165) is 0 Å². The minimum Gasteiger partial charge on any atom is -0.396 e. The normalized spacial score (nSPS) is 12.8. The first kappa shape index (κ1) is 17.3. The van der Waals surface area contributed by atoms with Crippen LogP contribution in [0.3, 0.4) is 0 Å². The first-order valence-corrected chi connectivity index (χ1v) is 6.68. The molecule has 1 unspecified atom stereocenters. The second-order valence-corrected chi connectivity index (χ2v) is 4.67. The Morgan fingerprint density at radius 1 is 1.33 bits per heavy atom. The molecular weight excluding hydrogens is 285 g/mol. The summed E-state index contributed by atoms with van der Waals surface area (Å²) in [4.78, 5) is 11.8. The van der Waals surface area contributed by atoms with E-state index in [0.29, 0.717) is 12.8 Å². The molecule has 0 heterocycles. The molecule has 21 heavy (non-hydrogen) atoms. The zero-order valence-corrected chi connectivity index (χ0v) is 11.7. The van der Waals surface area contributed by atoms with Gasteiger partial charge in [0.05, 0.1) is 6.42 Å². The van der Waals surface area contributed by atoms with Gasteiger partial charge in [-0.15, -0.1) is 0 Å². The molecule has 7 heteroatoms. The van der Waals surface area contributed by atoms with E-state index >= 15 is 0 Å². The van der Waals surface area contributed by atoms with Gasteiger partial charge in [0.25, 0.3) is 0 Å². The first-order valence-electron chi connectivity index (χ1n) is 6.68. The Labute approximate surface area is 121 Å². The van der Waals surface area contributed by atoms with E-state index in [1.165, 1.54) is 18.2 Å². The Morgan fingerprint density at radius 2 is 2.00 bits per heavy atom. The molecule has 118 valence electrons. The molecule has 1 rings (SSSR count). The number of urea groups is 1. The van der Waals surface area contributed by atoms with Crippen molar-refractivity contribution in [3.8, 4) is 0 Å². The number of nitrogens with one attached hydrogen (secondary N) is 2. The molecule has 1 atom stereocenters. The van der Waals surface area contributed by atoms with Crippen LogP contribution in [-0.2, 0) is 6.42 Å². The monoisotopic (exact) mass is 304 g/mol. The zero-order valence-electron chi connectivity index (χ0n) is 11.7. The summed E-state index contributed by atoms with van der Waals surface area (Å²) >= 11 is 0. The Balaban J connectivity index is 2.71. The molecule has 0 aliphatic carbocycles. The number of para-hydroxylation sites is 1. The van der Waals surface area contributed by atoms with E-state index in [1.54, 1.807) is 6.07 Å². The molecule has 0 aromatic heterocycles. The van der Waals surface area contributed by atoms with Crippen molar-refractivity contribution in [3.63, 3.8) is 0 Å². The minimum absolute atomic E-state index is 0.00959. The summed E-state index contributed by atoms with van der Waals surface area (Å²) in [7, 11) is 0. The molecule has 4 nitrogen and oxygen atoms in total. The molecule has 0 aliphatic heterocycles. The highest BCUT2D eigenvalue weighted by atomic mass is 19.4. The smallest absolute Gasteiger partial charge is 0.393 e. The predicted octanol–water partition coefficient (Wildman–Crippen LogP) is 3.07. The summed E-state index contributed by atoms with van der Waals surface area (Å²) < 4.78 is 37.4. The van der Waals surface area contributed by atoms with Gasteiger partial charge >= 0.3 is 12.2 Å². The lowest BCUT2D eigenvalue weighted by atomic mass is 10.1. The van der Waals surface area contributed by atoms with Crippen molar-refractivity contribution in [2.75, 3.05) is 11.9 Å². The van der Waals surface area contributed by atoms with Crippen LogP contribution in [0.2, 0.25) is 0 Å². The largest absolute Gasteiger partial charge is 0.396 e. The summed E-state index contributed by atoms with van der Waals surface area (Å²) in [5, 5.41) is 13.9. The number of hydrogen-bond donors (Lipinski definition) is 3. The number of carbonyl (C=O) groups is 1. The van der Waals surface area contributed by atoms with Gasteiger partial charge in [0.2, 0.25) is 0 Å². The van der Waals surface area contributed by atoms with Crippen molar-refractivity contribution >= 4 is 11.7 Å². The third kappa shape index (κ3) is 6.48. The van der Waals surface area contributed by atoms with Gasteiger partial charge in [0.15, 0.2) is 0 Å². The van der Waals surface area contributed by atoms with Gasteiger partial charge in [-0.05, 0) is 24.5 Å². The van der Waals surface area contributed by atoms with Crippen LogP contribution in [0.5, 0.6) is 0 Å². The van der Waals surface area contributed by atoms with Crippen LogP contribution in [0.1, 0.15) is 25.3 Å². The molecular formula is C14H19F3N2O2. The number of carbonyl (C=O) groups excluding carboxylic acids is 1. The number of halogens is 3. The highest BCUT2D eigenvalue weighted by molar-refractivity contribution is 5.90. The lowest BCUT2D eigenvalue weighted by Crippen LogP contribution is -2.38. The standard InChI is InChI=1S/C14H19F3N2O2/c1-2-11(7-8-20)18-13(21)19-12-6-4-3-5-10(12)9-14(15,16)17/h3-6,11,20H,2,7-9H2,1H3,(H2,18,19,21). The molecule has 0 fully saturated rings. The number of aliphatic hydroxyl groups excluding tert-OH is 1. The fourth-order valence-electron chi connectivity index (χ4n) is 1.89. The van der Waals surface area contributed by atoms with Gasteiger partial charge in [-0.1, -0.05) is 25.1 Å². The van der Waals surface area contributed by atoms with Crippen molar-refractivity contribution in [1.29, 1.82) is 0 Å². The van der Waals surface area contributed by atoms with E-state index in [1.807, 2.05) is 6.92 Å². The summed E-state index contributed by atoms with van der Waals surface area (Å²) in [6, 6.07) is 5.00. The van der Waals surface area contributed by atoms with E-state index in [-0.39, 0.29) is 23.9 Å². The number of rotatable bonds is 6. The molecule has 0 radical (unpaired) electrons. The number of hydrogen-bond acceptors (Lipinski definition) is 2. The molecule has 3 N–H and O–H groups in total. The predicted molar refractivity (Wildman–Crippen MR) is 74.1 cm³/mol. The summed E-state index contributed by atoms with van der Waals surface area (Å²) in [5.74, 6) is 0.